The van der Waals surface area contributed by atoms with Crippen LogP contribution in [0.1, 0.15) is 18.1 Å². The average Bonchev–Trinajstić information content (AvgIpc) is 2.66. The highest BCUT2D eigenvalue weighted by molar-refractivity contribution is 9.10. The van der Waals surface area contributed by atoms with E-state index < -0.39 is 11.2 Å². The van der Waals surface area contributed by atoms with Crippen LogP contribution < -0.4 is 21.9 Å². The number of aromatic amines is 1. The van der Waals surface area contributed by atoms with Crippen molar-refractivity contribution in [3.63, 3.8) is 0 Å². The minimum Gasteiger partial charge on any atom is -0.383 e. The van der Waals surface area contributed by atoms with Gasteiger partial charge in [-0.25, -0.2) is 9.18 Å². The van der Waals surface area contributed by atoms with Crippen molar-refractivity contribution in [2.24, 2.45) is 0 Å². The van der Waals surface area contributed by atoms with Crippen LogP contribution in [0.25, 0.3) is 0 Å². The fourth-order valence-corrected chi connectivity index (χ4v) is 3.49. The zero-order valence-corrected chi connectivity index (χ0v) is 16.9. The number of rotatable bonds is 6. The summed E-state index contributed by atoms with van der Waals surface area (Å²) in [6.45, 7) is 2.92. The van der Waals surface area contributed by atoms with Crippen LogP contribution in [-0.4, -0.2) is 16.1 Å². The molecule has 3 N–H and O–H groups in total. The highest BCUT2D eigenvalue weighted by atomic mass is 79.9. The number of anilines is 2. The molecule has 146 valence electrons. The number of halogens is 2. The van der Waals surface area contributed by atoms with Crippen LogP contribution in [0.15, 0.2) is 62.6 Å². The van der Waals surface area contributed by atoms with E-state index in [1.807, 2.05) is 37.3 Å². The van der Waals surface area contributed by atoms with Gasteiger partial charge in [-0.05, 0) is 30.2 Å². The third-order valence-electron chi connectivity index (χ3n) is 4.47. The van der Waals surface area contributed by atoms with Gasteiger partial charge in [-0.2, -0.15) is 0 Å². The normalized spacial score (nSPS) is 10.8. The molecule has 3 rings (SSSR count). The third-order valence-corrected chi connectivity index (χ3v) is 5.21. The van der Waals surface area contributed by atoms with Crippen molar-refractivity contribution in [1.82, 2.24) is 9.55 Å². The number of hydrogen-bond acceptors (Lipinski definition) is 4. The highest BCUT2D eigenvalue weighted by Crippen LogP contribution is 2.24. The molecule has 6 nitrogen and oxygen atoms in total. The first-order valence-electron chi connectivity index (χ1n) is 8.76. The van der Waals surface area contributed by atoms with Gasteiger partial charge in [0.25, 0.3) is 5.56 Å². The molecule has 8 heteroatoms. The van der Waals surface area contributed by atoms with Crippen LogP contribution in [0.5, 0.6) is 0 Å². The summed E-state index contributed by atoms with van der Waals surface area (Å²) >= 11 is 3.35. The molecule has 0 aliphatic carbocycles. The van der Waals surface area contributed by atoms with Crippen molar-refractivity contribution in [3.8, 4) is 0 Å². The molecule has 0 unspecified atom stereocenters. The Bertz CT molecular complexity index is 1100. The number of nitrogens with one attached hydrogen (secondary N) is 1. The first-order valence-corrected chi connectivity index (χ1v) is 9.55. The molecule has 28 heavy (non-hydrogen) atoms. The Balaban J connectivity index is 2.02. The molecule has 0 aliphatic rings. The van der Waals surface area contributed by atoms with E-state index in [9.17, 15) is 14.0 Å². The van der Waals surface area contributed by atoms with Crippen molar-refractivity contribution < 1.29 is 4.39 Å². The Morgan fingerprint density at radius 1 is 1.18 bits per heavy atom. The quantitative estimate of drug-likeness (QED) is 0.609. The van der Waals surface area contributed by atoms with Gasteiger partial charge < -0.3 is 10.6 Å². The minimum absolute atomic E-state index is 0.0951. The van der Waals surface area contributed by atoms with Crippen LogP contribution in [0.2, 0.25) is 0 Å². The summed E-state index contributed by atoms with van der Waals surface area (Å²) in [7, 11) is 0. The van der Waals surface area contributed by atoms with Gasteiger partial charge in [0.15, 0.2) is 0 Å². The lowest BCUT2D eigenvalue weighted by Gasteiger charge is -2.25. The number of aromatic nitrogens is 2. The number of nitrogens with zero attached hydrogens (tertiary/aromatic N) is 2. The van der Waals surface area contributed by atoms with Gasteiger partial charge in [-0.1, -0.05) is 52.3 Å². The van der Waals surface area contributed by atoms with Crippen LogP contribution in [-0.2, 0) is 13.1 Å². The predicted octanol–water partition coefficient (Wildman–Crippen LogP) is 3.10. The Morgan fingerprint density at radius 3 is 2.54 bits per heavy atom. The van der Waals surface area contributed by atoms with Gasteiger partial charge in [0.1, 0.15) is 17.3 Å². The second-order valence-corrected chi connectivity index (χ2v) is 7.17. The molecule has 1 heterocycles. The molecular weight excluding hydrogens is 427 g/mol. The maximum Gasteiger partial charge on any atom is 0.330 e. The van der Waals surface area contributed by atoms with Gasteiger partial charge in [0.05, 0.1) is 6.54 Å². The number of benzene rings is 2. The topological polar surface area (TPSA) is 84.1 Å². The fourth-order valence-electron chi connectivity index (χ4n) is 3.01. The van der Waals surface area contributed by atoms with E-state index in [4.69, 9.17) is 5.73 Å². The molecule has 0 atom stereocenters. The van der Waals surface area contributed by atoms with Crippen molar-refractivity contribution in [3.05, 3.63) is 90.8 Å². The van der Waals surface area contributed by atoms with E-state index in [2.05, 4.69) is 20.9 Å². The maximum atomic E-state index is 13.4. The molecule has 0 saturated heterocycles. The Hall–Kier alpha value is -2.87. The summed E-state index contributed by atoms with van der Waals surface area (Å²) < 4.78 is 15.3. The molecule has 0 spiro atoms. The number of H-pyrrole nitrogens is 1. The van der Waals surface area contributed by atoms with Gasteiger partial charge in [-0.3, -0.25) is 14.3 Å². The second kappa shape index (κ2) is 8.43. The SMILES string of the molecule is CCN(Cc1ccc(F)cc1Br)c1c(N)n(Cc2ccccc2)c(=O)[nH]c1=O. The van der Waals surface area contributed by atoms with E-state index in [1.165, 1.54) is 16.7 Å². The smallest absolute Gasteiger partial charge is 0.330 e. The molecule has 0 aliphatic heterocycles. The van der Waals surface area contributed by atoms with Crippen molar-refractivity contribution in [2.75, 3.05) is 17.2 Å². The van der Waals surface area contributed by atoms with Crippen molar-refractivity contribution in [2.45, 2.75) is 20.0 Å². The van der Waals surface area contributed by atoms with Crippen molar-refractivity contribution in [1.29, 1.82) is 0 Å². The number of nitrogen functional groups attached to an aromatic ring is 1. The standard InChI is InChI=1S/C20H20BrFN4O2/c1-2-25(12-14-8-9-15(22)10-16(14)21)17-18(23)26(20(28)24-19(17)27)11-13-6-4-3-5-7-13/h3-10H,2,11-12,23H2,1H3,(H,24,27,28). The molecule has 0 radical (unpaired) electrons. The average molecular weight is 447 g/mol. The number of nitrogens with two attached hydrogens (primary N) is 1. The van der Waals surface area contributed by atoms with Crippen LogP contribution in [0, 0.1) is 5.82 Å². The zero-order valence-electron chi connectivity index (χ0n) is 15.3. The van der Waals surface area contributed by atoms with Gasteiger partial charge in [0.2, 0.25) is 0 Å². The monoisotopic (exact) mass is 446 g/mol. The molecule has 3 aromatic rings. The van der Waals surface area contributed by atoms with Crippen LogP contribution in [0.4, 0.5) is 15.9 Å². The largest absolute Gasteiger partial charge is 0.383 e. The lowest BCUT2D eigenvalue weighted by molar-refractivity contribution is 0.625. The summed E-state index contributed by atoms with van der Waals surface area (Å²) in [4.78, 5) is 29.0. The molecule has 0 saturated carbocycles. The van der Waals surface area contributed by atoms with E-state index >= 15 is 0 Å². The summed E-state index contributed by atoms with van der Waals surface area (Å²) in [5.74, 6) is -0.259. The summed E-state index contributed by atoms with van der Waals surface area (Å²) in [6, 6.07) is 13.7. The van der Waals surface area contributed by atoms with Gasteiger partial charge in [-0.15, -0.1) is 0 Å². The molecule has 0 bridgehead atoms. The minimum atomic E-state index is -0.561. The molecular formula is C20H20BrFN4O2. The maximum absolute atomic E-state index is 13.4. The Morgan fingerprint density at radius 2 is 1.89 bits per heavy atom. The summed E-state index contributed by atoms with van der Waals surface area (Å²) in [5.41, 5.74) is 7.04. The Kier molecular flexibility index (Phi) is 5.99. The van der Waals surface area contributed by atoms with E-state index in [1.54, 1.807) is 11.0 Å². The number of hydrogen-bond donors (Lipinski definition) is 2. The lowest BCUT2D eigenvalue weighted by Crippen LogP contribution is -2.38. The van der Waals surface area contributed by atoms with Crippen LogP contribution in [0.3, 0.4) is 0 Å². The molecule has 0 fully saturated rings. The molecule has 0 amide bonds. The summed E-state index contributed by atoms with van der Waals surface area (Å²) in [5, 5.41) is 0. The van der Waals surface area contributed by atoms with Crippen molar-refractivity contribution >= 4 is 27.4 Å². The van der Waals surface area contributed by atoms with E-state index in [-0.39, 0.29) is 23.9 Å². The van der Waals surface area contributed by atoms with Crippen LogP contribution >= 0.6 is 15.9 Å². The van der Waals surface area contributed by atoms with E-state index in [0.717, 1.165) is 11.1 Å². The van der Waals surface area contributed by atoms with Gasteiger partial charge >= 0.3 is 5.69 Å². The molecule has 1 aromatic heterocycles. The fraction of sp³-hybridized carbons (Fsp3) is 0.200. The first kappa shape index (κ1) is 19.9. The van der Waals surface area contributed by atoms with Gasteiger partial charge in [0, 0.05) is 17.6 Å². The second-order valence-electron chi connectivity index (χ2n) is 6.31. The highest BCUT2D eigenvalue weighted by Gasteiger charge is 2.19. The zero-order chi connectivity index (χ0) is 20.3. The first-order chi connectivity index (χ1) is 13.4. The molecule has 2 aromatic carbocycles. The third kappa shape index (κ3) is 4.17. The Labute approximate surface area is 169 Å². The predicted molar refractivity (Wildman–Crippen MR) is 112 cm³/mol. The van der Waals surface area contributed by atoms with E-state index in [0.29, 0.717) is 17.6 Å². The lowest BCUT2D eigenvalue weighted by atomic mass is 10.2. The summed E-state index contributed by atoms with van der Waals surface area (Å²) in [6.07, 6.45) is 0.